The van der Waals surface area contributed by atoms with Gasteiger partial charge in [-0.1, -0.05) is 0 Å². The summed E-state index contributed by atoms with van der Waals surface area (Å²) in [6, 6.07) is -0.987. The highest BCUT2D eigenvalue weighted by atomic mass is 16.6. The third-order valence-electron chi connectivity index (χ3n) is 2.03. The molecule has 0 aliphatic rings. The fraction of sp³-hybridized carbons (Fsp3) is 0.833. The molecular weight excluding hydrogens is 222 g/mol. The van der Waals surface area contributed by atoms with Crippen LogP contribution in [-0.4, -0.2) is 39.3 Å². The Kier molecular flexibility index (Phi) is 4.01. The van der Waals surface area contributed by atoms with Crippen LogP contribution < -0.4 is 0 Å². The zero-order valence-corrected chi connectivity index (χ0v) is 11.4. The molecular formula is C12H23NO4. The number of carboxylic acids is 1. The maximum Gasteiger partial charge on any atom is 0.411 e. The average Bonchev–Trinajstić information content (AvgIpc) is 2.14. The lowest BCUT2D eigenvalue weighted by molar-refractivity contribution is -0.144. The fourth-order valence-electron chi connectivity index (χ4n) is 1.41. The molecule has 0 aromatic rings. The molecule has 5 heteroatoms. The number of amides is 1. The van der Waals surface area contributed by atoms with Crippen LogP contribution in [0, 0.1) is 0 Å². The van der Waals surface area contributed by atoms with Crippen molar-refractivity contribution in [2.75, 3.05) is 0 Å². The van der Waals surface area contributed by atoms with E-state index in [9.17, 15) is 9.59 Å². The van der Waals surface area contributed by atoms with Crippen molar-refractivity contribution in [3.8, 4) is 0 Å². The summed E-state index contributed by atoms with van der Waals surface area (Å²) in [6.07, 6.45) is -0.713. The van der Waals surface area contributed by atoms with E-state index in [0.717, 1.165) is 0 Å². The van der Waals surface area contributed by atoms with Gasteiger partial charge in [0, 0.05) is 6.91 Å². The van der Waals surface area contributed by atoms with Gasteiger partial charge in [-0.25, -0.2) is 9.59 Å². The van der Waals surface area contributed by atoms with Crippen LogP contribution in [0.5, 0.6) is 0 Å². The first-order chi connectivity index (χ1) is 7.92. The molecule has 0 heterocycles. The number of ether oxygens (including phenoxy) is 1. The van der Waals surface area contributed by atoms with Gasteiger partial charge in [-0.05, 0) is 48.4 Å². The molecule has 0 saturated heterocycles. The number of aliphatic carboxylic acids is 1. The molecule has 17 heavy (non-hydrogen) atoms. The Morgan fingerprint density at radius 1 is 1.29 bits per heavy atom. The summed E-state index contributed by atoms with van der Waals surface area (Å²) in [5.41, 5.74) is -1.61. The maximum absolute atomic E-state index is 12.1. The third-order valence-corrected chi connectivity index (χ3v) is 2.03. The molecule has 0 aromatic carbocycles. The van der Waals surface area contributed by atoms with E-state index in [1.807, 2.05) is 0 Å². The summed E-state index contributed by atoms with van der Waals surface area (Å²) in [5.74, 6) is -1.09. The number of rotatable bonds is 2. The minimum Gasteiger partial charge on any atom is -0.480 e. The van der Waals surface area contributed by atoms with Crippen LogP contribution in [0.4, 0.5) is 4.79 Å². The number of carboxylic acid groups (broad SMARTS) is 1. The summed E-state index contributed by atoms with van der Waals surface area (Å²) in [6.45, 7) is 9.79. The Hall–Kier alpha value is -1.26. The molecule has 0 unspecified atom stereocenters. The van der Waals surface area contributed by atoms with Gasteiger partial charge in [-0.2, -0.15) is 0 Å². The summed E-state index contributed by atoms with van der Waals surface area (Å²) in [4.78, 5) is 24.3. The van der Waals surface area contributed by atoms with E-state index in [0.29, 0.717) is 0 Å². The molecule has 0 rings (SSSR count). The van der Waals surface area contributed by atoms with Crippen LogP contribution in [-0.2, 0) is 9.53 Å². The van der Waals surface area contributed by atoms with Crippen LogP contribution >= 0.6 is 0 Å². The second-order valence-corrected chi connectivity index (χ2v) is 5.68. The van der Waals surface area contributed by atoms with Crippen molar-refractivity contribution >= 4 is 12.1 Å². The van der Waals surface area contributed by atoms with Crippen LogP contribution in [0.15, 0.2) is 0 Å². The van der Waals surface area contributed by atoms with E-state index in [2.05, 4.69) is 0 Å². The van der Waals surface area contributed by atoms with Gasteiger partial charge in [0.05, 0.1) is 0 Å². The predicted octanol–water partition coefficient (Wildman–Crippen LogP) is 2.50. The average molecular weight is 246 g/mol. The Balaban J connectivity index is 5.12. The molecule has 100 valence electrons. The third kappa shape index (κ3) is 5.06. The van der Waals surface area contributed by atoms with E-state index in [1.54, 1.807) is 34.6 Å². The van der Waals surface area contributed by atoms with Crippen LogP contribution in [0.1, 0.15) is 49.8 Å². The topological polar surface area (TPSA) is 66.8 Å². The van der Waals surface area contributed by atoms with Crippen molar-refractivity contribution in [3.63, 3.8) is 0 Å². The maximum atomic E-state index is 12.1. The van der Waals surface area contributed by atoms with Gasteiger partial charge in [0.15, 0.2) is 0 Å². The lowest BCUT2D eigenvalue weighted by Crippen LogP contribution is -2.54. The molecule has 0 aliphatic heterocycles. The summed E-state index contributed by atoms with van der Waals surface area (Å²) in [7, 11) is 0. The lowest BCUT2D eigenvalue weighted by Gasteiger charge is -2.39. The standard InChI is InChI=1S/C12H23NO4/c1-8(9(14)15)13(11(2,3)4)10(16)17-12(5,6)7/h8H,1-7H3,(H,14,15)/t8-/m0/s1/i5D. The zero-order chi connectivity index (χ0) is 14.7. The lowest BCUT2D eigenvalue weighted by atomic mass is 10.0. The minimum atomic E-state index is -1.09. The fourth-order valence-corrected chi connectivity index (χ4v) is 1.41. The molecule has 0 radical (unpaired) electrons. The SMILES string of the molecule is [2H]CC(C)(C)OC(=O)N([C@@H](C)C(=O)O)C(C)(C)C. The van der Waals surface area contributed by atoms with E-state index < -0.39 is 29.2 Å². The normalized spacial score (nSPS) is 14.8. The molecule has 0 aromatic heterocycles. The van der Waals surface area contributed by atoms with Crippen molar-refractivity contribution in [2.45, 2.75) is 65.6 Å². The molecule has 0 spiro atoms. The van der Waals surface area contributed by atoms with E-state index in [4.69, 9.17) is 11.2 Å². The van der Waals surface area contributed by atoms with E-state index in [-0.39, 0.29) is 6.90 Å². The Labute approximate surface area is 104 Å². The van der Waals surface area contributed by atoms with Gasteiger partial charge >= 0.3 is 12.1 Å². The first-order valence-corrected chi connectivity index (χ1v) is 5.47. The first-order valence-electron chi connectivity index (χ1n) is 6.17. The predicted molar refractivity (Wildman–Crippen MR) is 64.9 cm³/mol. The molecule has 1 N–H and O–H groups in total. The van der Waals surface area contributed by atoms with Gasteiger partial charge in [0.25, 0.3) is 0 Å². The van der Waals surface area contributed by atoms with Crippen LogP contribution in [0.25, 0.3) is 0 Å². The first kappa shape index (κ1) is 13.8. The van der Waals surface area contributed by atoms with E-state index >= 15 is 0 Å². The largest absolute Gasteiger partial charge is 0.480 e. The second-order valence-electron chi connectivity index (χ2n) is 5.68. The van der Waals surface area contributed by atoms with Crippen LogP contribution in [0.3, 0.4) is 0 Å². The molecule has 5 nitrogen and oxygen atoms in total. The molecule has 0 aliphatic carbocycles. The molecule has 0 fully saturated rings. The summed E-state index contributed by atoms with van der Waals surface area (Å²) >= 11 is 0. The van der Waals surface area contributed by atoms with Gasteiger partial charge in [0.1, 0.15) is 11.6 Å². The summed E-state index contributed by atoms with van der Waals surface area (Å²) in [5, 5.41) is 9.03. The molecule has 1 amide bonds. The minimum absolute atomic E-state index is 0.0851. The highest BCUT2D eigenvalue weighted by molar-refractivity contribution is 5.80. The number of nitrogens with zero attached hydrogens (tertiary/aromatic N) is 1. The Morgan fingerprint density at radius 3 is 2.06 bits per heavy atom. The van der Waals surface area contributed by atoms with E-state index in [1.165, 1.54) is 11.8 Å². The van der Waals surface area contributed by atoms with Gasteiger partial charge in [-0.3, -0.25) is 4.90 Å². The highest BCUT2D eigenvalue weighted by Crippen LogP contribution is 2.21. The zero-order valence-electron chi connectivity index (χ0n) is 12.4. The van der Waals surface area contributed by atoms with Crippen molar-refractivity contribution in [3.05, 3.63) is 0 Å². The van der Waals surface area contributed by atoms with Crippen molar-refractivity contribution in [1.29, 1.82) is 0 Å². The Bertz CT molecular complexity index is 323. The quantitative estimate of drug-likeness (QED) is 0.813. The van der Waals surface area contributed by atoms with Crippen molar-refractivity contribution in [1.82, 2.24) is 4.90 Å². The Morgan fingerprint density at radius 2 is 1.76 bits per heavy atom. The number of carbonyl (C=O) groups is 2. The van der Waals surface area contributed by atoms with Crippen molar-refractivity contribution in [2.24, 2.45) is 0 Å². The number of carbonyl (C=O) groups excluding carboxylic acids is 1. The molecule has 0 saturated carbocycles. The molecule has 1 atom stereocenters. The highest BCUT2D eigenvalue weighted by Gasteiger charge is 2.37. The van der Waals surface area contributed by atoms with Gasteiger partial charge in [0.2, 0.25) is 0 Å². The number of hydrogen-bond acceptors (Lipinski definition) is 3. The van der Waals surface area contributed by atoms with Crippen molar-refractivity contribution < 1.29 is 20.8 Å². The smallest absolute Gasteiger partial charge is 0.411 e. The van der Waals surface area contributed by atoms with Gasteiger partial charge in [-0.15, -0.1) is 0 Å². The van der Waals surface area contributed by atoms with Gasteiger partial charge < -0.3 is 9.84 Å². The summed E-state index contributed by atoms with van der Waals surface area (Å²) < 4.78 is 12.5. The van der Waals surface area contributed by atoms with Crippen LogP contribution in [0.2, 0.25) is 0 Å². The monoisotopic (exact) mass is 246 g/mol. The second kappa shape index (κ2) is 4.94. The number of hydrogen-bond donors (Lipinski definition) is 1. The molecule has 0 bridgehead atoms.